The van der Waals surface area contributed by atoms with Crippen molar-refractivity contribution >= 4 is 43.5 Å². The van der Waals surface area contributed by atoms with Gasteiger partial charge in [0.15, 0.2) is 0 Å². The smallest absolute Gasteiger partial charge is 0.224 e. The molecule has 0 spiro atoms. The SMILES string of the molecule is O=C1CCc2cc(C(Br)c3ccccc3Br)ccc2N1. The molecular weight excluding hydrogens is 382 g/mol. The van der Waals surface area contributed by atoms with Crippen LogP contribution in [0.3, 0.4) is 0 Å². The van der Waals surface area contributed by atoms with Crippen LogP contribution in [0, 0.1) is 0 Å². The number of nitrogens with one attached hydrogen (secondary N) is 1. The number of alkyl halides is 1. The lowest BCUT2D eigenvalue weighted by Gasteiger charge is -2.19. The zero-order valence-electron chi connectivity index (χ0n) is 10.7. The summed E-state index contributed by atoms with van der Waals surface area (Å²) in [7, 11) is 0. The van der Waals surface area contributed by atoms with E-state index in [1.165, 1.54) is 16.7 Å². The average Bonchev–Trinajstić information content (AvgIpc) is 2.46. The van der Waals surface area contributed by atoms with Crippen LogP contribution in [-0.2, 0) is 11.2 Å². The second kappa shape index (κ2) is 5.70. The standard InChI is InChI=1S/C16H13Br2NO/c17-13-4-2-1-3-12(13)16(18)11-5-7-14-10(9-11)6-8-15(20)19-14/h1-5,7,9,16H,6,8H2,(H,19,20). The van der Waals surface area contributed by atoms with Crippen LogP contribution in [0.4, 0.5) is 5.69 Å². The van der Waals surface area contributed by atoms with E-state index in [0.717, 1.165) is 16.6 Å². The summed E-state index contributed by atoms with van der Waals surface area (Å²) in [5.41, 5.74) is 4.55. The van der Waals surface area contributed by atoms with E-state index in [0.29, 0.717) is 6.42 Å². The zero-order valence-corrected chi connectivity index (χ0v) is 13.9. The van der Waals surface area contributed by atoms with Crippen molar-refractivity contribution in [2.45, 2.75) is 17.7 Å². The molecule has 1 aliphatic rings. The topological polar surface area (TPSA) is 29.1 Å². The van der Waals surface area contributed by atoms with Gasteiger partial charge in [-0.1, -0.05) is 62.2 Å². The van der Waals surface area contributed by atoms with E-state index in [2.05, 4.69) is 55.4 Å². The van der Waals surface area contributed by atoms with Crippen molar-refractivity contribution in [3.8, 4) is 0 Å². The van der Waals surface area contributed by atoms with Crippen LogP contribution < -0.4 is 5.32 Å². The molecule has 1 amide bonds. The number of rotatable bonds is 2. The maximum absolute atomic E-state index is 11.4. The summed E-state index contributed by atoms with van der Waals surface area (Å²) >= 11 is 7.36. The van der Waals surface area contributed by atoms with Crippen molar-refractivity contribution in [1.82, 2.24) is 0 Å². The number of halogens is 2. The highest BCUT2D eigenvalue weighted by Gasteiger charge is 2.18. The van der Waals surface area contributed by atoms with Gasteiger partial charge in [0, 0.05) is 16.6 Å². The van der Waals surface area contributed by atoms with E-state index in [1.807, 2.05) is 24.3 Å². The molecule has 1 atom stereocenters. The number of aryl methyl sites for hydroxylation is 1. The molecular formula is C16H13Br2NO. The quantitative estimate of drug-likeness (QED) is 0.727. The van der Waals surface area contributed by atoms with Crippen LogP contribution in [-0.4, -0.2) is 5.91 Å². The largest absolute Gasteiger partial charge is 0.326 e. The number of anilines is 1. The fraction of sp³-hybridized carbons (Fsp3) is 0.188. The lowest BCUT2D eigenvalue weighted by Crippen LogP contribution is -2.19. The lowest BCUT2D eigenvalue weighted by molar-refractivity contribution is -0.116. The van der Waals surface area contributed by atoms with Gasteiger partial charge in [0.25, 0.3) is 0 Å². The third-order valence-corrected chi connectivity index (χ3v) is 5.24. The maximum atomic E-state index is 11.4. The van der Waals surface area contributed by atoms with Crippen molar-refractivity contribution in [2.24, 2.45) is 0 Å². The minimum Gasteiger partial charge on any atom is -0.326 e. The van der Waals surface area contributed by atoms with E-state index in [4.69, 9.17) is 0 Å². The first-order valence-corrected chi connectivity index (χ1v) is 8.17. The Balaban J connectivity index is 1.95. The van der Waals surface area contributed by atoms with E-state index in [-0.39, 0.29) is 10.7 Å². The number of amides is 1. The Labute approximate surface area is 134 Å². The van der Waals surface area contributed by atoms with Gasteiger partial charge in [0.05, 0.1) is 4.83 Å². The molecule has 0 saturated carbocycles. The molecule has 102 valence electrons. The molecule has 1 unspecified atom stereocenters. The van der Waals surface area contributed by atoms with Crippen molar-refractivity contribution < 1.29 is 4.79 Å². The average molecular weight is 395 g/mol. The van der Waals surface area contributed by atoms with Crippen LogP contribution >= 0.6 is 31.9 Å². The van der Waals surface area contributed by atoms with Crippen LogP contribution in [0.5, 0.6) is 0 Å². The van der Waals surface area contributed by atoms with Crippen molar-refractivity contribution in [2.75, 3.05) is 5.32 Å². The van der Waals surface area contributed by atoms with Gasteiger partial charge in [0.1, 0.15) is 0 Å². The van der Waals surface area contributed by atoms with Crippen LogP contribution in [0.15, 0.2) is 46.9 Å². The molecule has 2 aromatic rings. The summed E-state index contributed by atoms with van der Waals surface area (Å²) in [6.45, 7) is 0. The van der Waals surface area contributed by atoms with E-state index in [1.54, 1.807) is 0 Å². The normalized spacial score (nSPS) is 15.4. The number of carbonyl (C=O) groups excluding carboxylic acids is 1. The number of hydrogen-bond acceptors (Lipinski definition) is 1. The minimum atomic E-state index is 0.103. The van der Waals surface area contributed by atoms with Gasteiger partial charge < -0.3 is 5.32 Å². The fourth-order valence-electron chi connectivity index (χ4n) is 2.42. The Morgan fingerprint density at radius 3 is 2.70 bits per heavy atom. The van der Waals surface area contributed by atoms with Gasteiger partial charge in [-0.05, 0) is 35.2 Å². The predicted octanol–water partition coefficient (Wildman–Crippen LogP) is 4.82. The number of hydrogen-bond donors (Lipinski definition) is 1. The number of fused-ring (bicyclic) bond motifs is 1. The van der Waals surface area contributed by atoms with Crippen molar-refractivity contribution in [3.05, 3.63) is 63.6 Å². The fourth-order valence-corrected chi connectivity index (χ4v) is 3.93. The molecule has 4 heteroatoms. The highest BCUT2D eigenvalue weighted by atomic mass is 79.9. The molecule has 2 nitrogen and oxygen atoms in total. The second-order valence-corrected chi connectivity index (χ2v) is 6.62. The van der Waals surface area contributed by atoms with Gasteiger partial charge in [0.2, 0.25) is 5.91 Å². The molecule has 0 bridgehead atoms. The number of carbonyl (C=O) groups is 1. The summed E-state index contributed by atoms with van der Waals surface area (Å²) < 4.78 is 1.09. The van der Waals surface area contributed by atoms with Gasteiger partial charge in [-0.25, -0.2) is 0 Å². The van der Waals surface area contributed by atoms with Gasteiger partial charge in [-0.3, -0.25) is 4.79 Å². The van der Waals surface area contributed by atoms with Crippen LogP contribution in [0.2, 0.25) is 0 Å². The lowest BCUT2D eigenvalue weighted by atomic mass is 9.97. The highest BCUT2D eigenvalue weighted by Crippen LogP contribution is 2.37. The summed E-state index contributed by atoms with van der Waals surface area (Å²) in [5.74, 6) is 0.103. The van der Waals surface area contributed by atoms with Crippen LogP contribution in [0.25, 0.3) is 0 Å². The Hall–Kier alpha value is -1.13. The first-order valence-electron chi connectivity index (χ1n) is 6.46. The van der Waals surface area contributed by atoms with E-state index < -0.39 is 0 Å². The molecule has 0 saturated heterocycles. The Morgan fingerprint density at radius 1 is 1.10 bits per heavy atom. The van der Waals surface area contributed by atoms with Crippen molar-refractivity contribution in [1.29, 1.82) is 0 Å². The monoisotopic (exact) mass is 393 g/mol. The molecule has 1 N–H and O–H groups in total. The minimum absolute atomic E-state index is 0.103. The van der Waals surface area contributed by atoms with E-state index >= 15 is 0 Å². The Kier molecular flexibility index (Phi) is 3.94. The van der Waals surface area contributed by atoms with Crippen molar-refractivity contribution in [3.63, 3.8) is 0 Å². The molecule has 20 heavy (non-hydrogen) atoms. The summed E-state index contributed by atoms with van der Waals surface area (Å²) in [5, 5.41) is 2.91. The third kappa shape index (κ3) is 2.67. The summed E-state index contributed by atoms with van der Waals surface area (Å²) in [6, 6.07) is 14.4. The van der Waals surface area contributed by atoms with Gasteiger partial charge >= 0.3 is 0 Å². The molecule has 0 aliphatic carbocycles. The van der Waals surface area contributed by atoms with Crippen LogP contribution in [0.1, 0.15) is 27.9 Å². The molecule has 1 heterocycles. The zero-order chi connectivity index (χ0) is 14.1. The molecule has 0 fully saturated rings. The van der Waals surface area contributed by atoms with Gasteiger partial charge in [-0.15, -0.1) is 0 Å². The molecule has 0 aromatic heterocycles. The first-order chi connectivity index (χ1) is 9.65. The highest BCUT2D eigenvalue weighted by molar-refractivity contribution is 9.11. The van der Waals surface area contributed by atoms with Gasteiger partial charge in [-0.2, -0.15) is 0 Å². The molecule has 0 radical (unpaired) electrons. The second-order valence-electron chi connectivity index (χ2n) is 4.85. The van der Waals surface area contributed by atoms with E-state index in [9.17, 15) is 4.79 Å². The third-order valence-electron chi connectivity index (χ3n) is 3.50. The number of benzene rings is 2. The maximum Gasteiger partial charge on any atom is 0.224 e. The molecule has 2 aromatic carbocycles. The summed E-state index contributed by atoms with van der Waals surface area (Å²) in [6.07, 6.45) is 1.38. The summed E-state index contributed by atoms with van der Waals surface area (Å²) in [4.78, 5) is 11.5. The first kappa shape index (κ1) is 13.8. The molecule has 3 rings (SSSR count). The Morgan fingerprint density at radius 2 is 1.90 bits per heavy atom. The molecule has 1 aliphatic heterocycles. The Bertz CT molecular complexity index is 669. The predicted molar refractivity (Wildman–Crippen MR) is 88.3 cm³/mol.